The molecule has 4 rings (SSSR count). The molecule has 1 aliphatic rings. The summed E-state index contributed by atoms with van der Waals surface area (Å²) in [5.74, 6) is -0.659. The third-order valence-corrected chi connectivity index (χ3v) is 8.38. The molecule has 31 heavy (non-hydrogen) atoms. The van der Waals surface area contributed by atoms with E-state index >= 15 is 0 Å². The van der Waals surface area contributed by atoms with Crippen LogP contribution in [0, 0.1) is 12.7 Å². The van der Waals surface area contributed by atoms with Crippen molar-refractivity contribution >= 4 is 38.9 Å². The van der Waals surface area contributed by atoms with E-state index in [1.54, 1.807) is 24.0 Å². The molecule has 0 saturated carbocycles. The van der Waals surface area contributed by atoms with Gasteiger partial charge in [-0.15, -0.1) is 11.3 Å². The Hall–Kier alpha value is -2.33. The van der Waals surface area contributed by atoms with Crippen LogP contribution < -0.4 is 0 Å². The number of piperazine rings is 1. The van der Waals surface area contributed by atoms with Crippen molar-refractivity contribution in [3.8, 4) is 10.6 Å². The molecule has 1 fully saturated rings. The molecule has 162 valence electrons. The molecule has 0 atom stereocenters. The van der Waals surface area contributed by atoms with Gasteiger partial charge in [-0.3, -0.25) is 4.79 Å². The quantitative estimate of drug-likeness (QED) is 0.566. The second kappa shape index (κ2) is 8.66. The van der Waals surface area contributed by atoms with E-state index in [1.807, 2.05) is 12.1 Å². The number of hydrogen-bond donors (Lipinski definition) is 0. The smallest absolute Gasteiger partial charge is 0.265 e. The van der Waals surface area contributed by atoms with Crippen molar-refractivity contribution < 1.29 is 17.6 Å². The lowest BCUT2D eigenvalue weighted by atomic mass is 10.2. The number of aromatic nitrogens is 1. The maximum absolute atomic E-state index is 13.1. The van der Waals surface area contributed by atoms with E-state index in [0.29, 0.717) is 20.6 Å². The normalized spacial score (nSPS) is 15.3. The fraction of sp³-hybridized carbons (Fsp3) is 0.238. The van der Waals surface area contributed by atoms with Crippen LogP contribution in [-0.4, -0.2) is 54.7 Å². The monoisotopic (exact) mass is 479 g/mol. The van der Waals surface area contributed by atoms with Crippen molar-refractivity contribution in [3.05, 3.63) is 69.9 Å². The van der Waals surface area contributed by atoms with Gasteiger partial charge in [0.25, 0.3) is 5.91 Å². The lowest BCUT2D eigenvalue weighted by molar-refractivity contribution is 0.0702. The molecular weight excluding hydrogens is 461 g/mol. The molecule has 0 radical (unpaired) electrons. The summed E-state index contributed by atoms with van der Waals surface area (Å²) in [6.07, 6.45) is 0. The van der Waals surface area contributed by atoms with Crippen molar-refractivity contribution in [2.75, 3.05) is 26.2 Å². The zero-order valence-electron chi connectivity index (χ0n) is 16.6. The predicted molar refractivity (Wildman–Crippen MR) is 118 cm³/mol. The first-order chi connectivity index (χ1) is 14.8. The number of thiazole rings is 1. The lowest BCUT2D eigenvalue weighted by Gasteiger charge is -2.33. The Morgan fingerprint density at radius 1 is 1.10 bits per heavy atom. The zero-order valence-corrected chi connectivity index (χ0v) is 19.0. The Bertz CT molecular complexity index is 1220. The second-order valence-corrected chi connectivity index (χ2v) is 10.5. The van der Waals surface area contributed by atoms with Crippen molar-refractivity contribution in [3.63, 3.8) is 0 Å². The van der Waals surface area contributed by atoms with Crippen LogP contribution in [0.5, 0.6) is 0 Å². The largest absolute Gasteiger partial charge is 0.335 e. The van der Waals surface area contributed by atoms with Gasteiger partial charge in [0.05, 0.1) is 10.6 Å². The molecule has 0 unspecified atom stereocenters. The molecular formula is C21H19ClFN3O3S2. The van der Waals surface area contributed by atoms with Crippen molar-refractivity contribution in [1.82, 2.24) is 14.2 Å². The Labute approximate surface area is 189 Å². The average Bonchev–Trinajstić information content (AvgIpc) is 3.15. The molecule has 6 nitrogen and oxygen atoms in total. The highest BCUT2D eigenvalue weighted by atomic mass is 35.5. The summed E-state index contributed by atoms with van der Waals surface area (Å²) >= 11 is 7.36. The van der Waals surface area contributed by atoms with Crippen LogP contribution in [-0.2, 0) is 10.0 Å². The number of aryl methyl sites for hydroxylation is 1. The van der Waals surface area contributed by atoms with E-state index in [-0.39, 0.29) is 37.0 Å². The molecule has 1 aromatic heterocycles. The third kappa shape index (κ3) is 4.50. The average molecular weight is 480 g/mol. The number of hydrogen-bond acceptors (Lipinski definition) is 5. The fourth-order valence-electron chi connectivity index (χ4n) is 3.37. The number of benzene rings is 2. The number of carbonyl (C=O) groups excluding carboxylic acids is 1. The minimum atomic E-state index is -3.73. The Morgan fingerprint density at radius 3 is 2.42 bits per heavy atom. The van der Waals surface area contributed by atoms with Gasteiger partial charge >= 0.3 is 0 Å². The van der Waals surface area contributed by atoms with E-state index in [0.717, 1.165) is 17.7 Å². The SMILES string of the molecule is Cc1nc(-c2cccc(Cl)c2)sc1C(=O)N1CCN(S(=O)(=O)c2ccc(F)cc2)CC1. The predicted octanol–water partition coefficient (Wildman–Crippen LogP) is 4.06. The first-order valence-corrected chi connectivity index (χ1v) is 12.2. The highest BCUT2D eigenvalue weighted by molar-refractivity contribution is 7.89. The van der Waals surface area contributed by atoms with Gasteiger partial charge < -0.3 is 4.90 Å². The van der Waals surface area contributed by atoms with Gasteiger partial charge in [0.1, 0.15) is 15.7 Å². The molecule has 1 saturated heterocycles. The third-order valence-electron chi connectivity index (χ3n) is 5.04. The molecule has 0 N–H and O–H groups in total. The molecule has 2 heterocycles. The summed E-state index contributed by atoms with van der Waals surface area (Å²) in [5.41, 5.74) is 1.47. The van der Waals surface area contributed by atoms with E-state index in [2.05, 4.69) is 4.98 Å². The lowest BCUT2D eigenvalue weighted by Crippen LogP contribution is -2.50. The van der Waals surface area contributed by atoms with Gasteiger partial charge in [-0.1, -0.05) is 23.7 Å². The first kappa shape index (κ1) is 21.9. The summed E-state index contributed by atoms with van der Waals surface area (Å²) in [5, 5.41) is 1.30. The van der Waals surface area contributed by atoms with Crippen LogP contribution in [0.3, 0.4) is 0 Å². The van der Waals surface area contributed by atoms with Gasteiger partial charge in [0.2, 0.25) is 10.0 Å². The maximum atomic E-state index is 13.1. The van der Waals surface area contributed by atoms with Gasteiger partial charge in [-0.05, 0) is 43.3 Å². The van der Waals surface area contributed by atoms with Crippen molar-refractivity contribution in [2.24, 2.45) is 0 Å². The standard InChI is InChI=1S/C21H19ClFN3O3S2/c1-14-19(30-20(24-14)15-3-2-4-16(22)13-15)21(27)25-9-11-26(12-10-25)31(28,29)18-7-5-17(23)6-8-18/h2-8,13H,9-12H2,1H3. The fourth-order valence-corrected chi connectivity index (χ4v) is 6.01. The van der Waals surface area contributed by atoms with E-state index < -0.39 is 15.8 Å². The number of sulfonamides is 1. The molecule has 2 aromatic carbocycles. The summed E-state index contributed by atoms with van der Waals surface area (Å²) in [7, 11) is -3.73. The summed E-state index contributed by atoms with van der Waals surface area (Å²) in [4.78, 5) is 19.8. The van der Waals surface area contributed by atoms with Crippen LogP contribution >= 0.6 is 22.9 Å². The number of carbonyl (C=O) groups is 1. The van der Waals surface area contributed by atoms with Gasteiger partial charge in [-0.25, -0.2) is 17.8 Å². The Balaban J connectivity index is 1.47. The molecule has 0 aliphatic carbocycles. The van der Waals surface area contributed by atoms with Gasteiger partial charge in [0.15, 0.2) is 0 Å². The number of halogens is 2. The highest BCUT2D eigenvalue weighted by Crippen LogP contribution is 2.30. The minimum Gasteiger partial charge on any atom is -0.335 e. The van der Waals surface area contributed by atoms with E-state index in [9.17, 15) is 17.6 Å². The maximum Gasteiger partial charge on any atom is 0.265 e. The summed E-state index contributed by atoms with van der Waals surface area (Å²) in [6.45, 7) is 2.66. The van der Waals surface area contributed by atoms with Crippen molar-refractivity contribution in [1.29, 1.82) is 0 Å². The minimum absolute atomic E-state index is 0.0399. The van der Waals surface area contributed by atoms with Crippen LogP contribution in [0.1, 0.15) is 15.4 Å². The van der Waals surface area contributed by atoms with E-state index in [4.69, 9.17) is 11.6 Å². The first-order valence-electron chi connectivity index (χ1n) is 9.54. The molecule has 10 heteroatoms. The Kier molecular flexibility index (Phi) is 6.11. The van der Waals surface area contributed by atoms with Gasteiger partial charge in [-0.2, -0.15) is 4.31 Å². The summed E-state index contributed by atoms with van der Waals surface area (Å²) < 4.78 is 40.0. The molecule has 1 aliphatic heterocycles. The van der Waals surface area contributed by atoms with Crippen LogP contribution in [0.2, 0.25) is 5.02 Å². The molecule has 0 spiro atoms. The molecule has 0 bridgehead atoms. The highest BCUT2D eigenvalue weighted by Gasteiger charge is 2.31. The number of nitrogens with zero attached hydrogens (tertiary/aromatic N) is 3. The number of rotatable bonds is 4. The van der Waals surface area contributed by atoms with E-state index in [1.165, 1.54) is 27.8 Å². The Morgan fingerprint density at radius 2 is 1.77 bits per heavy atom. The summed E-state index contributed by atoms with van der Waals surface area (Å²) in [6, 6.07) is 12.0. The second-order valence-electron chi connectivity index (χ2n) is 7.09. The van der Waals surface area contributed by atoms with Crippen molar-refractivity contribution in [2.45, 2.75) is 11.8 Å². The number of amides is 1. The topological polar surface area (TPSA) is 70.6 Å². The molecule has 1 amide bonds. The zero-order chi connectivity index (χ0) is 22.2. The van der Waals surface area contributed by atoms with Crippen LogP contribution in [0.25, 0.3) is 10.6 Å². The molecule has 3 aromatic rings. The van der Waals surface area contributed by atoms with Crippen LogP contribution in [0.15, 0.2) is 53.4 Å². The van der Waals surface area contributed by atoms with Crippen LogP contribution in [0.4, 0.5) is 4.39 Å². The van der Waals surface area contributed by atoms with Gasteiger partial charge in [0, 0.05) is 36.8 Å².